The van der Waals surface area contributed by atoms with Crippen molar-refractivity contribution in [2.24, 2.45) is 0 Å². The van der Waals surface area contributed by atoms with Crippen molar-refractivity contribution in [2.75, 3.05) is 11.5 Å². The van der Waals surface area contributed by atoms with Gasteiger partial charge in [-0.05, 0) is 36.8 Å². The summed E-state index contributed by atoms with van der Waals surface area (Å²) in [5.41, 5.74) is 1.11. The number of carbonyl (C=O) groups excluding carboxylic acids is 1. The van der Waals surface area contributed by atoms with Crippen LogP contribution < -0.4 is 15.1 Å². The van der Waals surface area contributed by atoms with E-state index in [9.17, 15) is 9.59 Å². The number of anilines is 1. The summed E-state index contributed by atoms with van der Waals surface area (Å²) >= 11 is 7.37. The molecule has 0 fully saturated rings. The minimum Gasteiger partial charge on any atom is -0.494 e. The minimum atomic E-state index is -0.650. The van der Waals surface area contributed by atoms with E-state index in [-0.39, 0.29) is 11.2 Å². The molecule has 0 radical (unpaired) electrons. The van der Waals surface area contributed by atoms with Gasteiger partial charge in [-0.25, -0.2) is 4.98 Å². The van der Waals surface area contributed by atoms with Crippen LogP contribution in [0.15, 0.2) is 63.3 Å². The number of hydrogen-bond donors (Lipinski definition) is 0. The Morgan fingerprint density at radius 1 is 1.20 bits per heavy atom. The van der Waals surface area contributed by atoms with Gasteiger partial charge in [0, 0.05) is 22.7 Å². The van der Waals surface area contributed by atoms with Gasteiger partial charge in [0.2, 0.25) is 5.76 Å². The van der Waals surface area contributed by atoms with Gasteiger partial charge in [-0.3, -0.25) is 14.5 Å². The molecule has 150 valence electrons. The number of fused-ring (bicyclic) bond motifs is 2. The van der Waals surface area contributed by atoms with E-state index in [1.807, 2.05) is 6.92 Å². The number of thiazole rings is 1. The summed E-state index contributed by atoms with van der Waals surface area (Å²) in [6.07, 6.45) is 1.62. The van der Waals surface area contributed by atoms with Gasteiger partial charge in [-0.1, -0.05) is 23.7 Å². The maximum Gasteiger partial charge on any atom is 0.297 e. The average molecular weight is 439 g/mol. The summed E-state index contributed by atoms with van der Waals surface area (Å²) in [7, 11) is 0. The zero-order chi connectivity index (χ0) is 20.8. The normalized spacial score (nSPS) is 15.6. The molecule has 1 atom stereocenters. The van der Waals surface area contributed by atoms with Gasteiger partial charge in [0.1, 0.15) is 11.3 Å². The van der Waals surface area contributed by atoms with Gasteiger partial charge in [0.05, 0.1) is 23.6 Å². The second-order valence-electron chi connectivity index (χ2n) is 6.71. The summed E-state index contributed by atoms with van der Waals surface area (Å²) in [5.74, 6) is 0.196. The highest BCUT2D eigenvalue weighted by molar-refractivity contribution is 7.13. The molecule has 0 aliphatic carbocycles. The summed E-state index contributed by atoms with van der Waals surface area (Å²) in [4.78, 5) is 32.6. The lowest BCUT2D eigenvalue weighted by Crippen LogP contribution is -2.29. The third kappa shape index (κ3) is 2.89. The molecule has 1 aliphatic heterocycles. The quantitative estimate of drug-likeness (QED) is 0.445. The fraction of sp³-hybridized carbons (Fsp3) is 0.136. The first-order valence-electron chi connectivity index (χ1n) is 9.30. The molecule has 4 aromatic rings. The van der Waals surface area contributed by atoms with E-state index in [0.717, 1.165) is 5.56 Å². The fourth-order valence-corrected chi connectivity index (χ4v) is 4.49. The molecule has 5 rings (SSSR count). The van der Waals surface area contributed by atoms with Crippen molar-refractivity contribution < 1.29 is 13.9 Å². The molecule has 8 heteroatoms. The Labute approximate surface area is 180 Å². The molecule has 6 nitrogen and oxygen atoms in total. The Hall–Kier alpha value is -3.16. The first-order chi connectivity index (χ1) is 14.6. The van der Waals surface area contributed by atoms with E-state index < -0.39 is 11.9 Å². The van der Waals surface area contributed by atoms with Crippen molar-refractivity contribution in [3.8, 4) is 5.75 Å². The Morgan fingerprint density at radius 3 is 2.70 bits per heavy atom. The number of halogens is 1. The molecule has 2 aromatic heterocycles. The standard InChI is InChI=1S/C22H15ClN2O4S/c1-2-28-14-7-8-15-16(11-14)29-20-17(19(15)26)18(12-3-5-13(23)6-4-12)25(21(20)27)22-24-9-10-30-22/h3-11,18H,2H2,1H3. The molecule has 2 aromatic carbocycles. The van der Waals surface area contributed by atoms with Crippen LogP contribution in [0.25, 0.3) is 11.0 Å². The number of nitrogens with zero attached hydrogens (tertiary/aromatic N) is 2. The summed E-state index contributed by atoms with van der Waals surface area (Å²) in [6.45, 7) is 2.35. The lowest BCUT2D eigenvalue weighted by Gasteiger charge is -2.22. The molecule has 1 aliphatic rings. The monoisotopic (exact) mass is 438 g/mol. The van der Waals surface area contributed by atoms with Crippen LogP contribution in [0.4, 0.5) is 5.13 Å². The number of ether oxygens (including phenoxy) is 1. The van der Waals surface area contributed by atoms with Gasteiger partial charge in [0.25, 0.3) is 5.91 Å². The van der Waals surface area contributed by atoms with E-state index in [2.05, 4.69) is 4.98 Å². The first kappa shape index (κ1) is 18.8. The van der Waals surface area contributed by atoms with Crippen molar-refractivity contribution in [3.05, 3.63) is 86.2 Å². The van der Waals surface area contributed by atoms with Crippen molar-refractivity contribution >= 4 is 44.9 Å². The van der Waals surface area contributed by atoms with Crippen LogP contribution in [0.2, 0.25) is 5.02 Å². The number of aromatic nitrogens is 1. The summed E-state index contributed by atoms with van der Waals surface area (Å²) in [6, 6.07) is 11.5. The first-order valence-corrected chi connectivity index (χ1v) is 10.6. The van der Waals surface area contributed by atoms with Crippen LogP contribution >= 0.6 is 22.9 Å². The zero-order valence-corrected chi connectivity index (χ0v) is 17.4. The summed E-state index contributed by atoms with van der Waals surface area (Å²) in [5, 5.41) is 3.23. The number of rotatable bonds is 4. The summed E-state index contributed by atoms with van der Waals surface area (Å²) < 4.78 is 11.5. The number of benzene rings is 2. The fourth-order valence-electron chi connectivity index (χ4n) is 3.70. The largest absolute Gasteiger partial charge is 0.494 e. The number of hydrogen-bond acceptors (Lipinski definition) is 6. The number of carbonyl (C=O) groups is 1. The lowest BCUT2D eigenvalue weighted by molar-refractivity contribution is 0.0971. The van der Waals surface area contributed by atoms with Crippen LogP contribution in [-0.2, 0) is 0 Å². The van der Waals surface area contributed by atoms with Crippen molar-refractivity contribution in [1.82, 2.24) is 4.98 Å². The molecule has 3 heterocycles. The molecule has 1 unspecified atom stereocenters. The topological polar surface area (TPSA) is 72.6 Å². The van der Waals surface area contributed by atoms with Crippen molar-refractivity contribution in [3.63, 3.8) is 0 Å². The van der Waals surface area contributed by atoms with E-state index in [0.29, 0.717) is 39.0 Å². The Kier molecular flexibility index (Phi) is 4.56. The van der Waals surface area contributed by atoms with Crippen LogP contribution in [-0.4, -0.2) is 17.5 Å². The smallest absolute Gasteiger partial charge is 0.297 e. The highest BCUT2D eigenvalue weighted by atomic mass is 35.5. The molecule has 0 bridgehead atoms. The molecule has 0 N–H and O–H groups in total. The second kappa shape index (κ2) is 7.27. The van der Waals surface area contributed by atoms with Gasteiger partial charge >= 0.3 is 0 Å². The molecule has 0 spiro atoms. The maximum absolute atomic E-state index is 13.5. The van der Waals surface area contributed by atoms with Crippen LogP contribution in [0.5, 0.6) is 5.75 Å². The highest BCUT2D eigenvalue weighted by Crippen LogP contribution is 2.42. The lowest BCUT2D eigenvalue weighted by atomic mass is 9.99. The van der Waals surface area contributed by atoms with E-state index in [1.165, 1.54) is 16.2 Å². The van der Waals surface area contributed by atoms with E-state index in [4.69, 9.17) is 20.8 Å². The van der Waals surface area contributed by atoms with E-state index in [1.54, 1.807) is 54.0 Å². The van der Waals surface area contributed by atoms with Crippen molar-refractivity contribution in [1.29, 1.82) is 0 Å². The average Bonchev–Trinajstić information content (AvgIpc) is 3.36. The second-order valence-corrected chi connectivity index (χ2v) is 8.02. The van der Waals surface area contributed by atoms with Crippen LogP contribution in [0.3, 0.4) is 0 Å². The molecular weight excluding hydrogens is 424 g/mol. The minimum absolute atomic E-state index is 0.0244. The van der Waals surface area contributed by atoms with Crippen LogP contribution in [0, 0.1) is 0 Å². The predicted octanol–water partition coefficient (Wildman–Crippen LogP) is 5.05. The molecular formula is C22H15ClN2O4S. The van der Waals surface area contributed by atoms with Crippen LogP contribution in [0.1, 0.15) is 34.6 Å². The SMILES string of the molecule is CCOc1ccc2c(=O)c3c(oc2c1)C(=O)N(c1nccs1)C3c1ccc(Cl)cc1. The van der Waals surface area contributed by atoms with Gasteiger partial charge in [0.15, 0.2) is 10.6 Å². The zero-order valence-electron chi connectivity index (χ0n) is 15.8. The van der Waals surface area contributed by atoms with E-state index >= 15 is 0 Å². The third-order valence-electron chi connectivity index (χ3n) is 4.97. The Morgan fingerprint density at radius 2 is 2.00 bits per heavy atom. The predicted molar refractivity (Wildman–Crippen MR) is 116 cm³/mol. The molecule has 1 amide bonds. The highest BCUT2D eigenvalue weighted by Gasteiger charge is 2.44. The molecule has 0 saturated heterocycles. The van der Waals surface area contributed by atoms with Gasteiger partial charge < -0.3 is 9.15 Å². The van der Waals surface area contributed by atoms with Crippen molar-refractivity contribution in [2.45, 2.75) is 13.0 Å². The third-order valence-corrected chi connectivity index (χ3v) is 5.99. The number of amides is 1. The molecule has 30 heavy (non-hydrogen) atoms. The molecule has 0 saturated carbocycles. The Bertz CT molecular complexity index is 1320. The Balaban J connectivity index is 1.77. The maximum atomic E-state index is 13.5. The van der Waals surface area contributed by atoms with Gasteiger partial charge in [-0.2, -0.15) is 0 Å². The van der Waals surface area contributed by atoms with Gasteiger partial charge in [-0.15, -0.1) is 11.3 Å².